The van der Waals surface area contributed by atoms with Gasteiger partial charge in [-0.25, -0.2) is 0 Å². The van der Waals surface area contributed by atoms with E-state index in [-0.39, 0.29) is 5.97 Å². The van der Waals surface area contributed by atoms with Gasteiger partial charge in [-0.05, 0) is 36.6 Å². The van der Waals surface area contributed by atoms with E-state index in [2.05, 4.69) is 0 Å². The van der Waals surface area contributed by atoms with Gasteiger partial charge in [0.2, 0.25) is 6.29 Å². The summed E-state index contributed by atoms with van der Waals surface area (Å²) in [5, 5.41) is 0. The summed E-state index contributed by atoms with van der Waals surface area (Å²) in [6.07, 6.45) is 2.29. The molecule has 1 heterocycles. The second kappa shape index (κ2) is 5.08. The van der Waals surface area contributed by atoms with E-state index in [1.54, 1.807) is 6.07 Å². The Balaban J connectivity index is 1.99. The van der Waals surface area contributed by atoms with Gasteiger partial charge in [0, 0.05) is 18.5 Å². The fraction of sp³-hybridized carbons (Fsp3) is 0.462. The fourth-order valence-corrected chi connectivity index (χ4v) is 1.88. The second-order valence-corrected chi connectivity index (χ2v) is 4.19. The van der Waals surface area contributed by atoms with Gasteiger partial charge in [-0.2, -0.15) is 0 Å². The Morgan fingerprint density at radius 2 is 2.41 bits per heavy atom. The summed E-state index contributed by atoms with van der Waals surface area (Å²) >= 11 is 0. The molecule has 0 spiro atoms. The summed E-state index contributed by atoms with van der Waals surface area (Å²) in [6, 6.07) is 5.51. The molecule has 2 rings (SSSR count). The van der Waals surface area contributed by atoms with Crippen LogP contribution in [0.4, 0.5) is 5.69 Å². The normalized spacial score (nSPS) is 18.1. The maximum Gasteiger partial charge on any atom is 0.308 e. The van der Waals surface area contributed by atoms with Crippen LogP contribution in [0, 0.1) is 0 Å². The molecule has 0 fully saturated rings. The molecule has 1 unspecified atom stereocenters. The summed E-state index contributed by atoms with van der Waals surface area (Å²) in [4.78, 5) is 11.4. The number of esters is 1. The van der Waals surface area contributed by atoms with Gasteiger partial charge in [0.15, 0.2) is 0 Å². The SMILES string of the molecule is CCCC(=O)OC1CCc2cc(N)ccc2O1. The van der Waals surface area contributed by atoms with Gasteiger partial charge in [0.25, 0.3) is 0 Å². The molecule has 4 heteroatoms. The van der Waals surface area contributed by atoms with Crippen molar-refractivity contribution in [1.29, 1.82) is 0 Å². The zero-order chi connectivity index (χ0) is 12.3. The Morgan fingerprint density at radius 3 is 3.18 bits per heavy atom. The van der Waals surface area contributed by atoms with Crippen molar-refractivity contribution < 1.29 is 14.3 Å². The number of anilines is 1. The summed E-state index contributed by atoms with van der Waals surface area (Å²) in [7, 11) is 0. The lowest BCUT2D eigenvalue weighted by Crippen LogP contribution is -2.28. The molecular formula is C13H17NO3. The molecule has 0 saturated heterocycles. The molecule has 1 aliphatic heterocycles. The predicted octanol–water partition coefficient (Wildman–Crippen LogP) is 2.26. The first-order valence-electron chi connectivity index (χ1n) is 5.93. The monoisotopic (exact) mass is 235 g/mol. The molecule has 1 aliphatic rings. The predicted molar refractivity (Wildman–Crippen MR) is 64.6 cm³/mol. The second-order valence-electron chi connectivity index (χ2n) is 4.19. The van der Waals surface area contributed by atoms with Gasteiger partial charge in [-0.15, -0.1) is 0 Å². The third-order valence-corrected chi connectivity index (χ3v) is 2.71. The maximum atomic E-state index is 11.4. The molecule has 0 amide bonds. The van der Waals surface area contributed by atoms with Crippen molar-refractivity contribution in [3.8, 4) is 5.75 Å². The van der Waals surface area contributed by atoms with E-state index in [9.17, 15) is 4.79 Å². The van der Waals surface area contributed by atoms with Gasteiger partial charge in [0.05, 0.1) is 0 Å². The minimum absolute atomic E-state index is 0.198. The number of fused-ring (bicyclic) bond motifs is 1. The van der Waals surface area contributed by atoms with E-state index in [0.29, 0.717) is 12.8 Å². The average Bonchev–Trinajstić information content (AvgIpc) is 2.29. The molecular weight excluding hydrogens is 218 g/mol. The first-order valence-corrected chi connectivity index (χ1v) is 5.93. The van der Waals surface area contributed by atoms with Crippen molar-refractivity contribution in [3.63, 3.8) is 0 Å². The summed E-state index contributed by atoms with van der Waals surface area (Å²) < 4.78 is 10.8. The number of nitrogens with two attached hydrogens (primary N) is 1. The van der Waals surface area contributed by atoms with Gasteiger partial charge >= 0.3 is 5.97 Å². The molecule has 1 aromatic rings. The van der Waals surface area contributed by atoms with Gasteiger partial charge in [-0.3, -0.25) is 4.79 Å². The number of hydrogen-bond donors (Lipinski definition) is 1. The Hall–Kier alpha value is -1.71. The van der Waals surface area contributed by atoms with E-state index in [4.69, 9.17) is 15.2 Å². The van der Waals surface area contributed by atoms with Crippen LogP contribution in [0.3, 0.4) is 0 Å². The minimum atomic E-state index is -0.454. The first kappa shape index (κ1) is 11.8. The average molecular weight is 235 g/mol. The number of ether oxygens (including phenoxy) is 2. The molecule has 1 aromatic carbocycles. The van der Waals surface area contributed by atoms with Crippen LogP contribution in [0.25, 0.3) is 0 Å². The van der Waals surface area contributed by atoms with Crippen molar-refractivity contribution in [3.05, 3.63) is 23.8 Å². The number of aryl methyl sites for hydroxylation is 1. The number of carbonyl (C=O) groups excluding carboxylic acids is 1. The molecule has 0 aliphatic carbocycles. The van der Waals surface area contributed by atoms with E-state index >= 15 is 0 Å². The number of nitrogen functional groups attached to an aromatic ring is 1. The van der Waals surface area contributed by atoms with Crippen molar-refractivity contribution >= 4 is 11.7 Å². The molecule has 92 valence electrons. The van der Waals surface area contributed by atoms with Crippen LogP contribution in [-0.4, -0.2) is 12.3 Å². The van der Waals surface area contributed by atoms with E-state index in [1.807, 2.05) is 19.1 Å². The molecule has 4 nitrogen and oxygen atoms in total. The largest absolute Gasteiger partial charge is 0.454 e. The summed E-state index contributed by atoms with van der Waals surface area (Å²) in [5.41, 5.74) is 7.50. The Labute approximate surface area is 101 Å². The summed E-state index contributed by atoms with van der Waals surface area (Å²) in [5.74, 6) is 0.566. The van der Waals surface area contributed by atoms with E-state index in [0.717, 1.165) is 29.8 Å². The molecule has 0 aromatic heterocycles. The Bertz CT molecular complexity index is 417. The quantitative estimate of drug-likeness (QED) is 0.644. The molecule has 0 radical (unpaired) electrons. The van der Waals surface area contributed by atoms with E-state index in [1.165, 1.54) is 0 Å². The molecule has 2 N–H and O–H groups in total. The molecule has 17 heavy (non-hydrogen) atoms. The number of rotatable bonds is 3. The van der Waals surface area contributed by atoms with Gasteiger partial charge in [0.1, 0.15) is 5.75 Å². The van der Waals surface area contributed by atoms with Crippen molar-refractivity contribution in [2.24, 2.45) is 0 Å². The van der Waals surface area contributed by atoms with Crippen LogP contribution in [0.2, 0.25) is 0 Å². The standard InChI is InChI=1S/C13H17NO3/c1-2-3-12(15)17-13-7-4-9-8-10(14)5-6-11(9)16-13/h5-6,8,13H,2-4,7,14H2,1H3. The Kier molecular flexibility index (Phi) is 3.52. The lowest BCUT2D eigenvalue weighted by Gasteiger charge is -2.25. The maximum absolute atomic E-state index is 11.4. The molecule has 0 saturated carbocycles. The third-order valence-electron chi connectivity index (χ3n) is 2.71. The first-order chi connectivity index (χ1) is 8.19. The molecule has 1 atom stereocenters. The van der Waals surface area contributed by atoms with Crippen molar-refractivity contribution in [2.45, 2.75) is 38.9 Å². The zero-order valence-corrected chi connectivity index (χ0v) is 9.94. The highest BCUT2D eigenvalue weighted by atomic mass is 16.7. The highest BCUT2D eigenvalue weighted by molar-refractivity contribution is 5.69. The van der Waals surface area contributed by atoms with E-state index < -0.39 is 6.29 Å². The summed E-state index contributed by atoms with van der Waals surface area (Å²) in [6.45, 7) is 1.95. The third kappa shape index (κ3) is 2.90. The topological polar surface area (TPSA) is 61.5 Å². The molecule has 0 bridgehead atoms. The van der Waals surface area contributed by atoms with Crippen LogP contribution in [-0.2, 0) is 16.0 Å². The van der Waals surface area contributed by atoms with Crippen LogP contribution < -0.4 is 10.5 Å². The zero-order valence-electron chi connectivity index (χ0n) is 9.94. The lowest BCUT2D eigenvalue weighted by molar-refractivity contribution is -0.165. The highest BCUT2D eigenvalue weighted by Crippen LogP contribution is 2.29. The van der Waals surface area contributed by atoms with Crippen LogP contribution in [0.1, 0.15) is 31.7 Å². The van der Waals surface area contributed by atoms with Gasteiger partial charge < -0.3 is 15.2 Å². The van der Waals surface area contributed by atoms with Crippen LogP contribution in [0.15, 0.2) is 18.2 Å². The Morgan fingerprint density at radius 1 is 1.59 bits per heavy atom. The fourth-order valence-electron chi connectivity index (χ4n) is 1.88. The van der Waals surface area contributed by atoms with Crippen molar-refractivity contribution in [1.82, 2.24) is 0 Å². The number of carbonyl (C=O) groups is 1. The van der Waals surface area contributed by atoms with Crippen molar-refractivity contribution in [2.75, 3.05) is 5.73 Å². The number of hydrogen-bond acceptors (Lipinski definition) is 4. The van der Waals surface area contributed by atoms with Crippen LogP contribution >= 0.6 is 0 Å². The number of benzene rings is 1. The smallest absolute Gasteiger partial charge is 0.308 e. The minimum Gasteiger partial charge on any atom is -0.454 e. The lowest BCUT2D eigenvalue weighted by atomic mass is 10.1. The van der Waals surface area contributed by atoms with Gasteiger partial charge in [-0.1, -0.05) is 6.92 Å². The van der Waals surface area contributed by atoms with Crippen LogP contribution in [0.5, 0.6) is 5.75 Å². The highest BCUT2D eigenvalue weighted by Gasteiger charge is 2.22.